The molecule has 6 nitrogen and oxygen atoms in total. The summed E-state index contributed by atoms with van der Waals surface area (Å²) < 4.78 is 10.9. The molecule has 1 saturated carbocycles. The summed E-state index contributed by atoms with van der Waals surface area (Å²) in [6, 6.07) is 6.00. The minimum atomic E-state index is -0.520. The van der Waals surface area contributed by atoms with Crippen LogP contribution in [0.1, 0.15) is 13.3 Å². The van der Waals surface area contributed by atoms with Crippen molar-refractivity contribution >= 4 is 5.69 Å². The number of aliphatic hydroxyl groups excluding tert-OH is 1. The fourth-order valence-electron chi connectivity index (χ4n) is 1.93. The Morgan fingerprint density at radius 3 is 2.94 bits per heavy atom. The van der Waals surface area contributed by atoms with Crippen molar-refractivity contribution in [3.63, 3.8) is 0 Å². The highest BCUT2D eigenvalue weighted by Crippen LogP contribution is 2.30. The third-order valence-corrected chi connectivity index (χ3v) is 2.89. The van der Waals surface area contributed by atoms with E-state index in [1.165, 1.54) is 12.1 Å². The van der Waals surface area contributed by atoms with E-state index in [0.717, 1.165) is 0 Å². The molecule has 3 atom stereocenters. The fraction of sp³-hybridized carbons (Fsp3) is 0.500. The summed E-state index contributed by atoms with van der Waals surface area (Å²) in [6.45, 7) is 2.34. The number of hydrogen-bond acceptors (Lipinski definition) is 5. The van der Waals surface area contributed by atoms with Crippen LogP contribution >= 0.6 is 0 Å². The predicted molar refractivity (Wildman–Crippen MR) is 63.6 cm³/mol. The van der Waals surface area contributed by atoms with E-state index >= 15 is 0 Å². The topological polar surface area (TPSA) is 81.8 Å². The highest BCUT2D eigenvalue weighted by Gasteiger charge is 2.42. The van der Waals surface area contributed by atoms with Crippen LogP contribution in [0.4, 0.5) is 5.69 Å². The first-order chi connectivity index (χ1) is 8.61. The molecule has 0 saturated heterocycles. The van der Waals surface area contributed by atoms with Crippen LogP contribution in [0.2, 0.25) is 0 Å². The highest BCUT2D eigenvalue weighted by atomic mass is 16.6. The Morgan fingerprint density at radius 2 is 2.33 bits per heavy atom. The van der Waals surface area contributed by atoms with Gasteiger partial charge in [-0.3, -0.25) is 10.1 Å². The lowest BCUT2D eigenvalue weighted by molar-refractivity contribution is -0.385. The molecule has 0 bridgehead atoms. The van der Waals surface area contributed by atoms with Crippen LogP contribution in [-0.4, -0.2) is 34.9 Å². The molecule has 1 aromatic carbocycles. The van der Waals surface area contributed by atoms with Gasteiger partial charge in [0.1, 0.15) is 18.0 Å². The Hall–Kier alpha value is -1.66. The molecule has 0 amide bonds. The first-order valence-electron chi connectivity index (χ1n) is 5.82. The number of nitrogens with zero attached hydrogens (tertiary/aromatic N) is 1. The molecular formula is C12H15NO5. The second-order valence-electron chi connectivity index (χ2n) is 4.13. The number of nitro groups is 1. The number of rotatable bonds is 5. The molecule has 0 spiro atoms. The quantitative estimate of drug-likeness (QED) is 0.635. The van der Waals surface area contributed by atoms with Gasteiger partial charge in [0.05, 0.1) is 17.1 Å². The van der Waals surface area contributed by atoms with Crippen LogP contribution in [0.5, 0.6) is 5.75 Å². The van der Waals surface area contributed by atoms with E-state index in [0.29, 0.717) is 18.8 Å². The van der Waals surface area contributed by atoms with Gasteiger partial charge in [0.2, 0.25) is 0 Å². The molecule has 0 aliphatic heterocycles. The van der Waals surface area contributed by atoms with E-state index in [-0.39, 0.29) is 17.9 Å². The van der Waals surface area contributed by atoms with Gasteiger partial charge in [0, 0.05) is 19.1 Å². The maximum Gasteiger partial charge on any atom is 0.273 e. The molecule has 1 aliphatic carbocycles. The standard InChI is InChI=1S/C12H15NO5/c1-2-17-12-10(14)7-11(12)18-9-5-3-4-8(6-9)13(15)16/h3-6,10-12,14H,2,7H2,1H3. The number of non-ortho nitro benzene ring substituents is 1. The molecule has 1 aliphatic rings. The lowest BCUT2D eigenvalue weighted by atomic mass is 9.88. The molecular weight excluding hydrogens is 238 g/mol. The Balaban J connectivity index is 2.01. The van der Waals surface area contributed by atoms with Crippen molar-refractivity contribution in [3.8, 4) is 5.75 Å². The summed E-state index contributed by atoms with van der Waals surface area (Å²) in [5.41, 5.74) is -0.0136. The largest absolute Gasteiger partial charge is 0.487 e. The second-order valence-corrected chi connectivity index (χ2v) is 4.13. The highest BCUT2D eigenvalue weighted by molar-refractivity contribution is 5.38. The van der Waals surface area contributed by atoms with Crippen LogP contribution in [0.3, 0.4) is 0 Å². The van der Waals surface area contributed by atoms with Gasteiger partial charge in [-0.25, -0.2) is 0 Å². The number of nitro benzene ring substituents is 1. The summed E-state index contributed by atoms with van der Waals surface area (Å²) in [4.78, 5) is 10.2. The summed E-state index contributed by atoms with van der Waals surface area (Å²) in [6.07, 6.45) is -0.641. The molecule has 6 heteroatoms. The molecule has 3 unspecified atom stereocenters. The van der Waals surface area contributed by atoms with E-state index in [1.807, 2.05) is 6.92 Å². The van der Waals surface area contributed by atoms with Crippen molar-refractivity contribution in [2.24, 2.45) is 0 Å². The maximum absolute atomic E-state index is 10.6. The first kappa shape index (κ1) is 12.8. The van der Waals surface area contributed by atoms with Crippen molar-refractivity contribution in [1.82, 2.24) is 0 Å². The molecule has 18 heavy (non-hydrogen) atoms. The lowest BCUT2D eigenvalue weighted by Crippen LogP contribution is -2.55. The van der Waals surface area contributed by atoms with E-state index in [4.69, 9.17) is 9.47 Å². The van der Waals surface area contributed by atoms with Crippen molar-refractivity contribution in [1.29, 1.82) is 0 Å². The van der Waals surface area contributed by atoms with Crippen LogP contribution in [0, 0.1) is 10.1 Å². The molecule has 0 aromatic heterocycles. The normalized spacial score (nSPS) is 26.4. The molecule has 0 heterocycles. The smallest absolute Gasteiger partial charge is 0.273 e. The SMILES string of the molecule is CCOC1C(O)CC1Oc1cccc([N+](=O)[O-])c1. The van der Waals surface area contributed by atoms with Gasteiger partial charge in [-0.1, -0.05) is 6.07 Å². The van der Waals surface area contributed by atoms with Crippen molar-refractivity contribution in [3.05, 3.63) is 34.4 Å². The molecule has 1 fully saturated rings. The number of benzene rings is 1. The van der Waals surface area contributed by atoms with Crippen LogP contribution in [-0.2, 0) is 4.74 Å². The van der Waals surface area contributed by atoms with Crippen LogP contribution in [0.25, 0.3) is 0 Å². The minimum Gasteiger partial charge on any atom is -0.487 e. The van der Waals surface area contributed by atoms with E-state index in [9.17, 15) is 15.2 Å². The number of ether oxygens (including phenoxy) is 2. The van der Waals surface area contributed by atoms with Crippen LogP contribution in [0.15, 0.2) is 24.3 Å². The van der Waals surface area contributed by atoms with Gasteiger partial charge >= 0.3 is 0 Å². The Labute approximate surface area is 104 Å². The van der Waals surface area contributed by atoms with Gasteiger partial charge < -0.3 is 14.6 Å². The van der Waals surface area contributed by atoms with Crippen molar-refractivity contribution < 1.29 is 19.5 Å². The predicted octanol–water partition coefficient (Wildman–Crippen LogP) is 1.51. The van der Waals surface area contributed by atoms with Gasteiger partial charge in [0.25, 0.3) is 5.69 Å². The van der Waals surface area contributed by atoms with Crippen molar-refractivity contribution in [2.45, 2.75) is 31.7 Å². The molecule has 0 radical (unpaired) electrons. The third-order valence-electron chi connectivity index (χ3n) is 2.89. The Morgan fingerprint density at radius 1 is 1.56 bits per heavy atom. The lowest BCUT2D eigenvalue weighted by Gasteiger charge is -2.40. The van der Waals surface area contributed by atoms with Crippen molar-refractivity contribution in [2.75, 3.05) is 6.61 Å². The zero-order valence-electron chi connectivity index (χ0n) is 9.98. The van der Waals surface area contributed by atoms with Gasteiger partial charge in [-0.05, 0) is 13.0 Å². The molecule has 1 N–H and O–H groups in total. The average molecular weight is 253 g/mol. The number of aliphatic hydroxyl groups is 1. The second kappa shape index (κ2) is 5.32. The van der Waals surface area contributed by atoms with Gasteiger partial charge in [-0.15, -0.1) is 0 Å². The van der Waals surface area contributed by atoms with E-state index < -0.39 is 11.0 Å². The number of hydrogen-bond donors (Lipinski definition) is 1. The summed E-state index contributed by atoms with van der Waals surface area (Å²) in [7, 11) is 0. The van der Waals surface area contributed by atoms with Crippen LogP contribution < -0.4 is 4.74 Å². The monoisotopic (exact) mass is 253 g/mol. The first-order valence-corrected chi connectivity index (χ1v) is 5.82. The molecule has 98 valence electrons. The van der Waals surface area contributed by atoms with E-state index in [1.54, 1.807) is 12.1 Å². The fourth-order valence-corrected chi connectivity index (χ4v) is 1.93. The summed E-state index contributed by atoms with van der Waals surface area (Å²) in [5.74, 6) is 0.422. The maximum atomic E-state index is 10.6. The average Bonchev–Trinajstić information content (AvgIpc) is 2.36. The zero-order chi connectivity index (χ0) is 13.1. The third kappa shape index (κ3) is 2.60. The van der Waals surface area contributed by atoms with Gasteiger partial charge in [0.15, 0.2) is 0 Å². The van der Waals surface area contributed by atoms with Gasteiger partial charge in [-0.2, -0.15) is 0 Å². The summed E-state index contributed by atoms with van der Waals surface area (Å²) in [5, 5.41) is 20.1. The zero-order valence-corrected chi connectivity index (χ0v) is 9.98. The Kier molecular flexibility index (Phi) is 3.78. The molecule has 1 aromatic rings. The minimum absolute atomic E-state index is 0.0136. The Bertz CT molecular complexity index is 436. The summed E-state index contributed by atoms with van der Waals surface area (Å²) >= 11 is 0. The van der Waals surface area contributed by atoms with E-state index in [2.05, 4.69) is 0 Å². The molecule has 2 rings (SSSR count).